The van der Waals surface area contributed by atoms with Gasteiger partial charge in [0.1, 0.15) is 18.1 Å². The van der Waals surface area contributed by atoms with Crippen LogP contribution in [0.1, 0.15) is 36.9 Å². The molecule has 1 N–H and O–H groups in total. The molecule has 1 amide bonds. The first-order valence-corrected chi connectivity index (χ1v) is 9.76. The van der Waals surface area contributed by atoms with Crippen LogP contribution < -0.4 is 4.74 Å². The minimum Gasteiger partial charge on any atom is -0.507 e. The molecule has 1 heterocycles. The fourth-order valence-electron chi connectivity index (χ4n) is 3.44. The molecule has 0 aliphatic carbocycles. The number of ether oxygens (including phenoxy) is 1. The molecule has 1 fully saturated rings. The summed E-state index contributed by atoms with van der Waals surface area (Å²) in [4.78, 5) is 27.1. The van der Waals surface area contributed by atoms with Gasteiger partial charge in [0.05, 0.1) is 11.6 Å². The molecule has 0 radical (unpaired) electrons. The van der Waals surface area contributed by atoms with Crippen molar-refractivity contribution in [3.05, 3.63) is 84.0 Å². The summed E-state index contributed by atoms with van der Waals surface area (Å²) in [5.74, 6) is -0.768. The Morgan fingerprint density at radius 2 is 1.83 bits per heavy atom. The summed E-state index contributed by atoms with van der Waals surface area (Å²) >= 11 is 0. The minimum absolute atomic E-state index is 0.122. The normalized spacial score (nSPS) is 18.1. The number of amides is 1. The maximum atomic E-state index is 12.8. The van der Waals surface area contributed by atoms with Crippen molar-refractivity contribution in [1.29, 1.82) is 0 Å². The van der Waals surface area contributed by atoms with Gasteiger partial charge in [-0.3, -0.25) is 9.59 Å². The van der Waals surface area contributed by atoms with E-state index in [0.717, 1.165) is 18.4 Å². The van der Waals surface area contributed by atoms with Crippen molar-refractivity contribution in [2.75, 3.05) is 13.2 Å². The summed E-state index contributed by atoms with van der Waals surface area (Å²) in [6.07, 6.45) is 3.33. The molecule has 150 valence electrons. The van der Waals surface area contributed by atoms with Gasteiger partial charge in [0.15, 0.2) is 0 Å². The van der Waals surface area contributed by atoms with Crippen molar-refractivity contribution in [2.24, 2.45) is 0 Å². The van der Waals surface area contributed by atoms with E-state index in [0.29, 0.717) is 24.5 Å². The Morgan fingerprint density at radius 1 is 1.14 bits per heavy atom. The van der Waals surface area contributed by atoms with Gasteiger partial charge in [-0.1, -0.05) is 56.3 Å². The molecule has 5 nitrogen and oxygen atoms in total. The first-order chi connectivity index (χ1) is 14.1. The van der Waals surface area contributed by atoms with Crippen LogP contribution in [0.2, 0.25) is 0 Å². The Hall–Kier alpha value is -3.34. The first-order valence-electron chi connectivity index (χ1n) is 9.76. The van der Waals surface area contributed by atoms with Crippen LogP contribution in [-0.4, -0.2) is 34.8 Å². The second-order valence-electron chi connectivity index (χ2n) is 6.88. The van der Waals surface area contributed by atoms with Crippen LogP contribution >= 0.6 is 0 Å². The third-order valence-electron chi connectivity index (χ3n) is 4.90. The fourth-order valence-corrected chi connectivity index (χ4v) is 3.44. The average Bonchev–Trinajstić information content (AvgIpc) is 3.01. The molecule has 2 aromatic rings. The second kappa shape index (κ2) is 9.24. The van der Waals surface area contributed by atoms with E-state index < -0.39 is 17.7 Å². The van der Waals surface area contributed by atoms with Gasteiger partial charge < -0.3 is 14.7 Å². The Bertz CT molecular complexity index is 916. The molecule has 5 heteroatoms. The lowest BCUT2D eigenvalue weighted by Crippen LogP contribution is -2.30. The Morgan fingerprint density at radius 3 is 2.45 bits per heavy atom. The topological polar surface area (TPSA) is 66.8 Å². The van der Waals surface area contributed by atoms with Crippen molar-refractivity contribution >= 4 is 17.4 Å². The summed E-state index contributed by atoms with van der Waals surface area (Å²) in [5, 5.41) is 11.0. The number of likely N-dealkylation sites (tertiary alicyclic amines) is 1. The lowest BCUT2D eigenvalue weighted by molar-refractivity contribution is -0.139. The van der Waals surface area contributed by atoms with E-state index in [1.165, 1.54) is 0 Å². The third kappa shape index (κ3) is 4.24. The molecule has 1 saturated heterocycles. The number of aliphatic hydroxyl groups is 1. The lowest BCUT2D eigenvalue weighted by Gasteiger charge is -2.25. The number of aliphatic hydroxyl groups excluding tert-OH is 1. The van der Waals surface area contributed by atoms with E-state index >= 15 is 0 Å². The standard InChI is InChI=1S/C24H25NO4/c1-3-5-15-25-21(17-9-7-6-8-10-17)20(23(27)24(25)28)22(26)18-11-13-19(14-12-18)29-16-4-2/h4,6-14,21,26H,2-3,5,15-16H2,1H3. The van der Waals surface area contributed by atoms with Gasteiger partial charge in [0.25, 0.3) is 11.7 Å². The van der Waals surface area contributed by atoms with Crippen molar-refractivity contribution in [3.8, 4) is 5.75 Å². The quantitative estimate of drug-likeness (QED) is 0.312. The summed E-state index contributed by atoms with van der Waals surface area (Å²) < 4.78 is 5.46. The number of benzene rings is 2. The number of hydrogen-bond acceptors (Lipinski definition) is 4. The first kappa shape index (κ1) is 20.4. The predicted octanol–water partition coefficient (Wildman–Crippen LogP) is 4.47. The van der Waals surface area contributed by atoms with Crippen LogP contribution in [0.4, 0.5) is 0 Å². The van der Waals surface area contributed by atoms with Gasteiger partial charge in [-0.25, -0.2) is 0 Å². The zero-order valence-corrected chi connectivity index (χ0v) is 16.5. The van der Waals surface area contributed by atoms with Crippen molar-refractivity contribution < 1.29 is 19.4 Å². The zero-order valence-electron chi connectivity index (χ0n) is 16.5. The highest BCUT2D eigenvalue weighted by atomic mass is 16.5. The van der Waals surface area contributed by atoms with E-state index in [2.05, 4.69) is 6.58 Å². The summed E-state index contributed by atoms with van der Waals surface area (Å²) in [6, 6.07) is 15.5. The maximum absolute atomic E-state index is 12.8. The molecule has 0 bridgehead atoms. The molecule has 1 atom stereocenters. The van der Waals surface area contributed by atoms with Crippen LogP contribution in [-0.2, 0) is 9.59 Å². The van der Waals surface area contributed by atoms with Gasteiger partial charge in [-0.15, -0.1) is 0 Å². The lowest BCUT2D eigenvalue weighted by atomic mass is 9.95. The number of unbranched alkanes of at least 4 members (excludes halogenated alkanes) is 1. The van der Waals surface area contributed by atoms with Crippen LogP contribution in [0.25, 0.3) is 5.76 Å². The molecular formula is C24H25NO4. The monoisotopic (exact) mass is 391 g/mol. The van der Waals surface area contributed by atoms with E-state index in [1.807, 2.05) is 37.3 Å². The van der Waals surface area contributed by atoms with Crippen LogP contribution in [0, 0.1) is 0 Å². The Balaban J connectivity index is 2.04. The molecular weight excluding hydrogens is 366 g/mol. The highest BCUT2D eigenvalue weighted by Gasteiger charge is 2.45. The second-order valence-corrected chi connectivity index (χ2v) is 6.88. The molecule has 1 aliphatic heterocycles. The Labute approximate surface area is 170 Å². The molecule has 1 aliphatic rings. The fraction of sp³-hybridized carbons (Fsp3) is 0.250. The molecule has 1 unspecified atom stereocenters. The number of hydrogen-bond donors (Lipinski definition) is 1. The number of rotatable bonds is 8. The molecule has 3 rings (SSSR count). The number of carbonyl (C=O) groups excluding carboxylic acids is 2. The van der Waals surface area contributed by atoms with Crippen molar-refractivity contribution in [2.45, 2.75) is 25.8 Å². The maximum Gasteiger partial charge on any atom is 0.295 e. The predicted molar refractivity (Wildman–Crippen MR) is 112 cm³/mol. The number of ketones is 1. The SMILES string of the molecule is C=CCOc1ccc(C(O)=C2C(=O)C(=O)N(CCCC)C2c2ccccc2)cc1. The van der Waals surface area contributed by atoms with Crippen LogP contribution in [0.15, 0.2) is 72.8 Å². The molecule has 0 spiro atoms. The molecule has 0 aromatic heterocycles. The van der Waals surface area contributed by atoms with Crippen LogP contribution in [0.3, 0.4) is 0 Å². The van der Waals surface area contributed by atoms with Gasteiger partial charge in [-0.05, 0) is 36.2 Å². The minimum atomic E-state index is -0.653. The third-order valence-corrected chi connectivity index (χ3v) is 4.90. The van der Waals surface area contributed by atoms with E-state index in [1.54, 1.807) is 35.2 Å². The summed E-state index contributed by atoms with van der Waals surface area (Å²) in [7, 11) is 0. The van der Waals surface area contributed by atoms with Crippen LogP contribution in [0.5, 0.6) is 5.75 Å². The Kier molecular flexibility index (Phi) is 6.50. The zero-order chi connectivity index (χ0) is 20.8. The number of Topliss-reactive ketones (excluding diaryl/α,β-unsaturated/α-hetero) is 1. The number of nitrogens with zero attached hydrogens (tertiary/aromatic N) is 1. The van der Waals surface area contributed by atoms with Gasteiger partial charge >= 0.3 is 0 Å². The smallest absolute Gasteiger partial charge is 0.295 e. The van der Waals surface area contributed by atoms with Gasteiger partial charge in [-0.2, -0.15) is 0 Å². The summed E-state index contributed by atoms with van der Waals surface area (Å²) in [5.41, 5.74) is 1.39. The largest absolute Gasteiger partial charge is 0.507 e. The van der Waals surface area contributed by atoms with E-state index in [9.17, 15) is 14.7 Å². The van der Waals surface area contributed by atoms with E-state index in [4.69, 9.17) is 4.74 Å². The van der Waals surface area contributed by atoms with Crippen molar-refractivity contribution in [1.82, 2.24) is 4.90 Å². The molecule has 29 heavy (non-hydrogen) atoms. The number of carbonyl (C=O) groups is 2. The summed E-state index contributed by atoms with van der Waals surface area (Å²) in [6.45, 7) is 6.48. The van der Waals surface area contributed by atoms with E-state index in [-0.39, 0.29) is 11.3 Å². The van der Waals surface area contributed by atoms with Gasteiger partial charge in [0, 0.05) is 12.1 Å². The molecule has 0 saturated carbocycles. The van der Waals surface area contributed by atoms with Gasteiger partial charge in [0.2, 0.25) is 0 Å². The average molecular weight is 391 g/mol. The molecule has 2 aromatic carbocycles. The highest BCUT2D eigenvalue weighted by Crippen LogP contribution is 2.39. The highest BCUT2D eigenvalue weighted by molar-refractivity contribution is 6.46. The van der Waals surface area contributed by atoms with Crippen molar-refractivity contribution in [3.63, 3.8) is 0 Å².